The summed E-state index contributed by atoms with van der Waals surface area (Å²) in [6.07, 6.45) is 0. The van der Waals surface area contributed by atoms with Crippen LogP contribution in [0.25, 0.3) is 11.3 Å². The first-order valence-electron chi connectivity index (χ1n) is 8.76. The lowest BCUT2D eigenvalue weighted by Crippen LogP contribution is -2.17. The fourth-order valence-electron chi connectivity index (χ4n) is 2.97. The maximum atomic E-state index is 12.7. The van der Waals surface area contributed by atoms with Crippen LogP contribution in [0, 0.1) is 27.2 Å². The van der Waals surface area contributed by atoms with E-state index in [-0.39, 0.29) is 16.6 Å². The highest BCUT2D eigenvalue weighted by Crippen LogP contribution is 2.36. The van der Waals surface area contributed by atoms with Crippen molar-refractivity contribution in [2.45, 2.75) is 6.92 Å². The summed E-state index contributed by atoms with van der Waals surface area (Å²) in [4.78, 5) is 50.0. The third-order valence-electron chi connectivity index (χ3n) is 4.36. The normalized spacial score (nSPS) is 10.4. The standard InChI is InChI=1S/C19H14N4O8S/c1-9-16(10-6-7-14(31-2)13(8-10)23(29)30)20-19(32-9)21-17(24)11-4-3-5-12(22(27)28)15(11)18(25)26/h3-8H,1-2H3,(H,25,26)(H,20,21,24). The maximum Gasteiger partial charge on any atom is 0.343 e. The molecule has 2 N–H and O–H groups in total. The maximum absolute atomic E-state index is 12.7. The number of carbonyl (C=O) groups is 2. The van der Waals surface area contributed by atoms with Gasteiger partial charge in [0.15, 0.2) is 10.9 Å². The molecule has 0 saturated heterocycles. The van der Waals surface area contributed by atoms with E-state index in [9.17, 15) is 34.9 Å². The zero-order valence-corrected chi connectivity index (χ0v) is 17.3. The number of nitrogens with one attached hydrogen (secondary N) is 1. The van der Waals surface area contributed by atoms with Crippen molar-refractivity contribution in [1.29, 1.82) is 0 Å². The van der Waals surface area contributed by atoms with E-state index in [1.807, 2.05) is 0 Å². The van der Waals surface area contributed by atoms with Gasteiger partial charge in [0.1, 0.15) is 5.56 Å². The van der Waals surface area contributed by atoms with Crippen LogP contribution in [0.5, 0.6) is 5.75 Å². The number of ether oxygens (including phenoxy) is 1. The average Bonchev–Trinajstić information content (AvgIpc) is 3.12. The van der Waals surface area contributed by atoms with Crippen LogP contribution in [-0.4, -0.2) is 38.9 Å². The van der Waals surface area contributed by atoms with Crippen molar-refractivity contribution in [2.24, 2.45) is 0 Å². The van der Waals surface area contributed by atoms with Crippen LogP contribution in [0.15, 0.2) is 36.4 Å². The number of aryl methyl sites for hydroxylation is 1. The highest BCUT2D eigenvalue weighted by molar-refractivity contribution is 7.16. The smallest absolute Gasteiger partial charge is 0.343 e. The van der Waals surface area contributed by atoms with Crippen LogP contribution in [0.1, 0.15) is 25.6 Å². The third kappa shape index (κ3) is 4.22. The van der Waals surface area contributed by atoms with Gasteiger partial charge in [-0.15, -0.1) is 11.3 Å². The summed E-state index contributed by atoms with van der Waals surface area (Å²) in [7, 11) is 1.31. The number of aromatic carboxylic acids is 1. The van der Waals surface area contributed by atoms with E-state index in [1.165, 1.54) is 25.3 Å². The van der Waals surface area contributed by atoms with Gasteiger partial charge < -0.3 is 9.84 Å². The summed E-state index contributed by atoms with van der Waals surface area (Å²) in [6.45, 7) is 1.69. The molecule has 0 atom stereocenters. The first kappa shape index (κ1) is 22.3. The predicted octanol–water partition coefficient (Wildman–Crippen LogP) is 3.89. The minimum absolute atomic E-state index is 0.0760. The minimum atomic E-state index is -1.62. The molecule has 0 aliphatic heterocycles. The predicted molar refractivity (Wildman–Crippen MR) is 114 cm³/mol. The van der Waals surface area contributed by atoms with Crippen molar-refractivity contribution in [3.8, 4) is 17.0 Å². The molecule has 13 heteroatoms. The SMILES string of the molecule is COc1ccc(-c2nc(NC(=O)c3cccc([N+](=O)[O-])c3C(=O)O)sc2C)cc1[N+](=O)[O-]. The summed E-state index contributed by atoms with van der Waals surface area (Å²) in [6, 6.07) is 7.63. The van der Waals surface area contributed by atoms with Gasteiger partial charge in [0.05, 0.1) is 28.2 Å². The lowest BCUT2D eigenvalue weighted by atomic mass is 10.0. The fraction of sp³-hybridized carbons (Fsp3) is 0.105. The summed E-state index contributed by atoms with van der Waals surface area (Å²) >= 11 is 1.06. The number of thiazole rings is 1. The molecule has 1 aromatic heterocycles. The second-order valence-electron chi connectivity index (χ2n) is 6.28. The number of nitro benzene ring substituents is 2. The Morgan fingerprint density at radius 2 is 1.81 bits per heavy atom. The highest BCUT2D eigenvalue weighted by atomic mass is 32.1. The number of anilines is 1. The molecule has 0 unspecified atom stereocenters. The number of benzene rings is 2. The Morgan fingerprint density at radius 1 is 1.12 bits per heavy atom. The molecule has 0 radical (unpaired) electrons. The monoisotopic (exact) mass is 458 g/mol. The summed E-state index contributed by atoms with van der Waals surface area (Å²) in [5.41, 5.74) is -1.34. The van der Waals surface area contributed by atoms with E-state index in [0.717, 1.165) is 23.5 Å². The van der Waals surface area contributed by atoms with Crippen LogP contribution in [0.4, 0.5) is 16.5 Å². The minimum Gasteiger partial charge on any atom is -0.490 e. The number of hydrogen-bond acceptors (Lipinski definition) is 9. The summed E-state index contributed by atoms with van der Waals surface area (Å²) in [5.74, 6) is -2.44. The molecule has 0 fully saturated rings. The van der Waals surface area contributed by atoms with Crippen molar-refractivity contribution in [3.05, 3.63) is 72.6 Å². The second-order valence-corrected chi connectivity index (χ2v) is 7.49. The van der Waals surface area contributed by atoms with Crippen molar-refractivity contribution in [2.75, 3.05) is 12.4 Å². The molecule has 0 spiro atoms. The Bertz CT molecular complexity index is 1270. The van der Waals surface area contributed by atoms with E-state index in [4.69, 9.17) is 4.74 Å². The number of carbonyl (C=O) groups excluding carboxylic acids is 1. The van der Waals surface area contributed by atoms with Crippen molar-refractivity contribution >= 4 is 39.7 Å². The largest absolute Gasteiger partial charge is 0.490 e. The van der Waals surface area contributed by atoms with Gasteiger partial charge in [-0.1, -0.05) is 6.07 Å². The van der Waals surface area contributed by atoms with Gasteiger partial charge in [-0.3, -0.25) is 30.3 Å². The van der Waals surface area contributed by atoms with E-state index in [2.05, 4.69) is 10.3 Å². The number of rotatable bonds is 7. The van der Waals surface area contributed by atoms with E-state index >= 15 is 0 Å². The van der Waals surface area contributed by atoms with Gasteiger partial charge in [0.25, 0.3) is 11.6 Å². The molecule has 12 nitrogen and oxygen atoms in total. The molecule has 32 heavy (non-hydrogen) atoms. The average molecular weight is 458 g/mol. The van der Waals surface area contributed by atoms with Crippen LogP contribution in [0.3, 0.4) is 0 Å². The van der Waals surface area contributed by atoms with Crippen LogP contribution in [-0.2, 0) is 0 Å². The summed E-state index contributed by atoms with van der Waals surface area (Å²) in [5, 5.41) is 34.3. The Kier molecular flexibility index (Phi) is 6.11. The topological polar surface area (TPSA) is 175 Å². The van der Waals surface area contributed by atoms with Crippen LogP contribution in [0.2, 0.25) is 0 Å². The number of carboxylic acid groups (broad SMARTS) is 1. The highest BCUT2D eigenvalue weighted by Gasteiger charge is 2.27. The zero-order chi connectivity index (χ0) is 23.6. The number of hydrogen-bond donors (Lipinski definition) is 2. The van der Waals surface area contributed by atoms with Gasteiger partial charge in [0.2, 0.25) is 0 Å². The fourth-order valence-corrected chi connectivity index (χ4v) is 3.80. The summed E-state index contributed by atoms with van der Waals surface area (Å²) < 4.78 is 4.98. The molecule has 1 amide bonds. The number of carboxylic acids is 1. The Hall–Kier alpha value is -4.39. The number of aromatic nitrogens is 1. The quantitative estimate of drug-likeness (QED) is 0.393. The van der Waals surface area contributed by atoms with Gasteiger partial charge in [0, 0.05) is 22.6 Å². The number of methoxy groups -OCH3 is 1. The van der Waals surface area contributed by atoms with E-state index < -0.39 is 38.5 Å². The van der Waals surface area contributed by atoms with E-state index in [0.29, 0.717) is 16.1 Å². The number of nitro groups is 2. The van der Waals surface area contributed by atoms with Gasteiger partial charge >= 0.3 is 11.7 Å². The number of nitrogens with zero attached hydrogens (tertiary/aromatic N) is 3. The van der Waals surface area contributed by atoms with Gasteiger partial charge in [-0.05, 0) is 25.1 Å². The lowest BCUT2D eigenvalue weighted by molar-refractivity contribution is -0.385. The molecule has 0 aliphatic carbocycles. The third-order valence-corrected chi connectivity index (χ3v) is 5.25. The Balaban J connectivity index is 1.96. The van der Waals surface area contributed by atoms with Crippen molar-refractivity contribution in [1.82, 2.24) is 4.98 Å². The molecule has 2 aromatic carbocycles. The molecule has 0 aliphatic rings. The first-order chi connectivity index (χ1) is 15.1. The molecule has 1 heterocycles. The Labute approximate surface area is 183 Å². The lowest BCUT2D eigenvalue weighted by Gasteiger charge is -2.06. The molecule has 3 rings (SSSR count). The van der Waals surface area contributed by atoms with Crippen molar-refractivity contribution < 1.29 is 29.3 Å². The molecule has 0 saturated carbocycles. The van der Waals surface area contributed by atoms with Gasteiger partial charge in [-0.2, -0.15) is 0 Å². The molecular formula is C19H14N4O8S. The molecule has 164 valence electrons. The number of amides is 1. The van der Waals surface area contributed by atoms with Crippen LogP contribution < -0.4 is 10.1 Å². The van der Waals surface area contributed by atoms with Crippen LogP contribution >= 0.6 is 11.3 Å². The van der Waals surface area contributed by atoms with Gasteiger partial charge in [-0.25, -0.2) is 9.78 Å². The second kappa shape index (κ2) is 8.77. The molecular weight excluding hydrogens is 444 g/mol. The first-order valence-corrected chi connectivity index (χ1v) is 9.58. The molecule has 0 bridgehead atoms. The van der Waals surface area contributed by atoms with Crippen molar-refractivity contribution in [3.63, 3.8) is 0 Å². The molecule has 3 aromatic rings. The van der Waals surface area contributed by atoms with E-state index in [1.54, 1.807) is 13.0 Å². The zero-order valence-electron chi connectivity index (χ0n) is 16.5. The Morgan fingerprint density at radius 3 is 2.41 bits per heavy atom.